The van der Waals surface area contributed by atoms with Crippen LogP contribution >= 0.6 is 11.6 Å². The number of halogens is 1. The number of rotatable bonds is 2. The highest BCUT2D eigenvalue weighted by Gasteiger charge is 2.42. The van der Waals surface area contributed by atoms with Gasteiger partial charge in [-0.1, -0.05) is 23.7 Å². The van der Waals surface area contributed by atoms with E-state index in [-0.39, 0.29) is 0 Å². The molecule has 1 aromatic carbocycles. The van der Waals surface area contributed by atoms with Crippen molar-refractivity contribution in [1.29, 1.82) is 0 Å². The van der Waals surface area contributed by atoms with E-state index in [0.717, 1.165) is 31.0 Å². The van der Waals surface area contributed by atoms with E-state index >= 15 is 0 Å². The molecule has 2 atom stereocenters. The van der Waals surface area contributed by atoms with Gasteiger partial charge in [0.15, 0.2) is 11.5 Å². The van der Waals surface area contributed by atoms with Gasteiger partial charge in [0.2, 0.25) is 0 Å². The predicted octanol–water partition coefficient (Wildman–Crippen LogP) is 3.46. The molecule has 1 aromatic heterocycles. The van der Waals surface area contributed by atoms with Crippen molar-refractivity contribution in [3.05, 3.63) is 52.8 Å². The van der Waals surface area contributed by atoms with Gasteiger partial charge in [0.1, 0.15) is 5.69 Å². The summed E-state index contributed by atoms with van der Waals surface area (Å²) in [6.45, 7) is 3.92. The Labute approximate surface area is 134 Å². The molecule has 2 aromatic rings. The zero-order chi connectivity index (χ0) is 15.2. The van der Waals surface area contributed by atoms with Gasteiger partial charge in [0.25, 0.3) is 5.79 Å². The van der Waals surface area contributed by atoms with Crippen LogP contribution in [0.2, 0.25) is 5.02 Å². The summed E-state index contributed by atoms with van der Waals surface area (Å²) in [4.78, 5) is 4.35. The molecule has 2 aliphatic rings. The Balaban J connectivity index is 1.70. The molecule has 4 nitrogen and oxygen atoms in total. The first-order valence-electron chi connectivity index (χ1n) is 7.49. The van der Waals surface area contributed by atoms with Gasteiger partial charge in [-0.05, 0) is 31.2 Å². The van der Waals surface area contributed by atoms with Crippen LogP contribution in [0.1, 0.15) is 30.5 Å². The van der Waals surface area contributed by atoms with Crippen LogP contribution in [0.15, 0.2) is 36.5 Å². The van der Waals surface area contributed by atoms with Gasteiger partial charge < -0.3 is 14.8 Å². The van der Waals surface area contributed by atoms with Gasteiger partial charge in [0.05, 0.1) is 5.02 Å². The third-order valence-corrected chi connectivity index (χ3v) is 4.53. The van der Waals surface area contributed by atoms with Crippen molar-refractivity contribution in [2.45, 2.75) is 25.0 Å². The molecular formula is C17H17ClN2O2. The number of hydrogen-bond donors (Lipinski definition) is 1. The van der Waals surface area contributed by atoms with Crippen LogP contribution in [-0.2, 0) is 5.79 Å². The molecule has 2 unspecified atom stereocenters. The van der Waals surface area contributed by atoms with Gasteiger partial charge in [-0.3, -0.25) is 4.98 Å². The highest BCUT2D eigenvalue weighted by molar-refractivity contribution is 6.30. The number of fused-ring (bicyclic) bond motifs is 1. The lowest BCUT2D eigenvalue weighted by atomic mass is 9.97. The molecule has 0 aliphatic carbocycles. The molecule has 0 amide bonds. The number of para-hydroxylation sites is 1. The zero-order valence-corrected chi connectivity index (χ0v) is 13.1. The van der Waals surface area contributed by atoms with E-state index in [0.29, 0.717) is 16.6 Å². The quantitative estimate of drug-likeness (QED) is 0.921. The summed E-state index contributed by atoms with van der Waals surface area (Å²) in [5.41, 5.74) is 1.92. The number of benzene rings is 1. The predicted molar refractivity (Wildman–Crippen MR) is 84.5 cm³/mol. The Morgan fingerprint density at radius 1 is 1.27 bits per heavy atom. The smallest absolute Gasteiger partial charge is 0.292 e. The molecule has 1 saturated heterocycles. The first kappa shape index (κ1) is 13.9. The maximum Gasteiger partial charge on any atom is 0.292 e. The van der Waals surface area contributed by atoms with Crippen molar-refractivity contribution >= 4 is 11.6 Å². The summed E-state index contributed by atoms with van der Waals surface area (Å²) in [6.07, 6.45) is 2.73. The van der Waals surface area contributed by atoms with E-state index in [4.69, 9.17) is 21.1 Å². The molecule has 0 radical (unpaired) electrons. The minimum Gasteiger partial charge on any atom is -0.443 e. The largest absolute Gasteiger partial charge is 0.443 e. The molecule has 3 heterocycles. The molecule has 5 heteroatoms. The second-order valence-electron chi connectivity index (χ2n) is 5.88. The van der Waals surface area contributed by atoms with Gasteiger partial charge in [-0.25, -0.2) is 0 Å². The standard InChI is InChI=1S/C17H17ClN2O2/c1-17(15-6-5-12(18)10-20-15)21-14-4-2-3-13(16(14)22-17)11-7-8-19-9-11/h2-6,10-11,19H,7-9H2,1H3. The fourth-order valence-corrected chi connectivity index (χ4v) is 3.25. The van der Waals surface area contributed by atoms with E-state index in [1.165, 1.54) is 5.56 Å². The fraction of sp³-hybridized carbons (Fsp3) is 0.353. The molecular weight excluding hydrogens is 300 g/mol. The third kappa shape index (κ3) is 2.23. The van der Waals surface area contributed by atoms with Crippen LogP contribution in [0.25, 0.3) is 0 Å². The molecule has 0 bridgehead atoms. The van der Waals surface area contributed by atoms with Crippen molar-refractivity contribution in [3.63, 3.8) is 0 Å². The van der Waals surface area contributed by atoms with Crippen LogP contribution in [0.4, 0.5) is 0 Å². The Bertz CT molecular complexity index is 698. The normalized spacial score (nSPS) is 26.4. The third-order valence-electron chi connectivity index (χ3n) is 4.30. The summed E-state index contributed by atoms with van der Waals surface area (Å²) in [5.74, 6) is 1.19. The summed E-state index contributed by atoms with van der Waals surface area (Å²) < 4.78 is 12.3. The molecule has 1 N–H and O–H groups in total. The number of nitrogens with zero attached hydrogens (tertiary/aromatic N) is 1. The highest BCUT2D eigenvalue weighted by atomic mass is 35.5. The first-order chi connectivity index (χ1) is 10.7. The summed E-state index contributed by atoms with van der Waals surface area (Å²) in [5, 5.41) is 4.00. The minimum atomic E-state index is -0.908. The average molecular weight is 317 g/mol. The van der Waals surface area contributed by atoms with Gasteiger partial charge in [0, 0.05) is 31.1 Å². The van der Waals surface area contributed by atoms with Crippen molar-refractivity contribution in [1.82, 2.24) is 10.3 Å². The number of ether oxygens (including phenoxy) is 2. The number of nitrogens with one attached hydrogen (secondary N) is 1. The summed E-state index contributed by atoms with van der Waals surface area (Å²) in [6, 6.07) is 9.73. The molecule has 0 spiro atoms. The second-order valence-corrected chi connectivity index (χ2v) is 6.31. The molecule has 114 valence electrons. The maximum absolute atomic E-state index is 6.21. The van der Waals surface area contributed by atoms with E-state index in [9.17, 15) is 0 Å². The Morgan fingerprint density at radius 2 is 2.18 bits per heavy atom. The molecule has 22 heavy (non-hydrogen) atoms. The van der Waals surface area contributed by atoms with Gasteiger partial charge in [-0.15, -0.1) is 0 Å². The van der Waals surface area contributed by atoms with E-state index in [2.05, 4.69) is 16.4 Å². The van der Waals surface area contributed by atoms with Crippen LogP contribution < -0.4 is 14.8 Å². The average Bonchev–Trinajstić information content (AvgIpc) is 3.14. The van der Waals surface area contributed by atoms with Crippen molar-refractivity contribution in [2.75, 3.05) is 13.1 Å². The van der Waals surface area contributed by atoms with Crippen LogP contribution in [0.3, 0.4) is 0 Å². The number of aromatic nitrogens is 1. The molecule has 1 fully saturated rings. The Kier molecular flexibility index (Phi) is 3.24. The maximum atomic E-state index is 6.21. The molecule has 2 aliphatic heterocycles. The number of hydrogen-bond acceptors (Lipinski definition) is 4. The van der Waals surface area contributed by atoms with Crippen LogP contribution in [0.5, 0.6) is 11.5 Å². The van der Waals surface area contributed by atoms with Gasteiger partial charge >= 0.3 is 0 Å². The van der Waals surface area contributed by atoms with E-state index < -0.39 is 5.79 Å². The van der Waals surface area contributed by atoms with Gasteiger partial charge in [-0.2, -0.15) is 0 Å². The highest BCUT2D eigenvalue weighted by Crippen LogP contribution is 2.48. The Hall–Kier alpha value is -1.78. The monoisotopic (exact) mass is 316 g/mol. The molecule has 0 saturated carbocycles. The number of pyridine rings is 1. The lowest BCUT2D eigenvalue weighted by Crippen LogP contribution is -2.32. The van der Waals surface area contributed by atoms with Crippen molar-refractivity contribution in [2.24, 2.45) is 0 Å². The SMILES string of the molecule is CC1(c2ccc(Cl)cn2)Oc2cccc(C3CCNC3)c2O1. The topological polar surface area (TPSA) is 43.4 Å². The summed E-state index contributed by atoms with van der Waals surface area (Å²) >= 11 is 5.91. The van der Waals surface area contributed by atoms with Crippen molar-refractivity contribution < 1.29 is 9.47 Å². The second kappa shape index (κ2) is 5.14. The van der Waals surface area contributed by atoms with E-state index in [1.807, 2.05) is 25.1 Å². The van der Waals surface area contributed by atoms with Crippen LogP contribution in [0, 0.1) is 0 Å². The molecule has 4 rings (SSSR count). The fourth-order valence-electron chi connectivity index (χ4n) is 3.14. The lowest BCUT2D eigenvalue weighted by Gasteiger charge is -2.22. The summed E-state index contributed by atoms with van der Waals surface area (Å²) in [7, 11) is 0. The lowest BCUT2D eigenvalue weighted by molar-refractivity contribution is -0.0721. The van der Waals surface area contributed by atoms with Crippen molar-refractivity contribution in [3.8, 4) is 11.5 Å². The minimum absolute atomic E-state index is 0.471. The van der Waals surface area contributed by atoms with E-state index in [1.54, 1.807) is 12.3 Å². The Morgan fingerprint density at radius 3 is 2.91 bits per heavy atom. The zero-order valence-electron chi connectivity index (χ0n) is 12.3. The first-order valence-corrected chi connectivity index (χ1v) is 7.87. The van der Waals surface area contributed by atoms with Crippen LogP contribution in [-0.4, -0.2) is 18.1 Å².